The van der Waals surface area contributed by atoms with Crippen LogP contribution in [0.1, 0.15) is 76.8 Å². The monoisotopic (exact) mass is 454 g/mol. The van der Waals surface area contributed by atoms with Gasteiger partial charge >= 0.3 is 0 Å². The number of amides is 1. The normalized spacial score (nSPS) is 26.2. The van der Waals surface area contributed by atoms with Gasteiger partial charge in [-0.15, -0.1) is 0 Å². The summed E-state index contributed by atoms with van der Waals surface area (Å²) in [6.07, 6.45) is 9.22. The standard InChI is InChI=1S/C25H34N4O2S/c1-17-14-18(16-24(2,3)28-31)15-20(17)27-23(30)25(4,5)29-32-21-12-8-6-7-10-19-11-9-13-26-22(19)21/h7,9-11,13,17-18,20-21,29H,6,14-16H2,1-5H3,(H,27,30)/b10-7-. The summed E-state index contributed by atoms with van der Waals surface area (Å²) in [6.45, 7) is 9.70. The largest absolute Gasteiger partial charge is 0.351 e. The third-order valence-electron chi connectivity index (χ3n) is 6.20. The third kappa shape index (κ3) is 6.20. The first-order valence-electron chi connectivity index (χ1n) is 11.3. The highest BCUT2D eigenvalue weighted by molar-refractivity contribution is 7.97. The van der Waals surface area contributed by atoms with Gasteiger partial charge in [0, 0.05) is 18.7 Å². The Morgan fingerprint density at radius 2 is 2.09 bits per heavy atom. The maximum absolute atomic E-state index is 13.1. The lowest BCUT2D eigenvalue weighted by Gasteiger charge is -2.29. The van der Waals surface area contributed by atoms with E-state index in [-0.39, 0.29) is 17.2 Å². The third-order valence-corrected chi connectivity index (χ3v) is 7.41. The number of nitroso groups, excluding NO2 is 1. The van der Waals surface area contributed by atoms with E-state index in [1.807, 2.05) is 45.9 Å². The second kappa shape index (κ2) is 10.2. The summed E-state index contributed by atoms with van der Waals surface area (Å²) < 4.78 is 3.35. The molecule has 3 rings (SSSR count). The highest BCUT2D eigenvalue weighted by atomic mass is 32.2. The molecule has 32 heavy (non-hydrogen) atoms. The molecular formula is C25H34N4O2S. The smallest absolute Gasteiger partial charge is 0.240 e. The van der Waals surface area contributed by atoms with E-state index in [9.17, 15) is 9.70 Å². The van der Waals surface area contributed by atoms with Crippen LogP contribution in [0, 0.1) is 28.6 Å². The molecule has 2 aliphatic carbocycles. The van der Waals surface area contributed by atoms with Crippen molar-refractivity contribution in [2.45, 2.75) is 82.7 Å². The van der Waals surface area contributed by atoms with Crippen molar-refractivity contribution < 1.29 is 4.79 Å². The number of pyridine rings is 1. The Balaban J connectivity index is 1.60. The Hall–Kier alpha value is -2.17. The van der Waals surface area contributed by atoms with Crippen molar-refractivity contribution >= 4 is 23.9 Å². The van der Waals surface area contributed by atoms with Gasteiger partial charge in [-0.25, -0.2) is 4.72 Å². The van der Waals surface area contributed by atoms with Gasteiger partial charge in [-0.3, -0.25) is 9.78 Å². The molecule has 0 aromatic carbocycles. The molecule has 172 valence electrons. The molecule has 4 unspecified atom stereocenters. The van der Waals surface area contributed by atoms with Crippen molar-refractivity contribution in [1.82, 2.24) is 15.0 Å². The van der Waals surface area contributed by atoms with Crippen LogP contribution in [0.4, 0.5) is 0 Å². The first-order valence-corrected chi connectivity index (χ1v) is 12.2. The summed E-state index contributed by atoms with van der Waals surface area (Å²) >= 11 is 1.44. The van der Waals surface area contributed by atoms with Crippen LogP contribution in [0.25, 0.3) is 6.08 Å². The molecule has 1 aromatic heterocycles. The molecule has 0 bridgehead atoms. The SMILES string of the molecule is CC1CC(CC(C)(C)N=O)CC1NC(=O)C(C)(C)NSC1C#CC/C=C\c2cccnc21. The highest BCUT2D eigenvalue weighted by Crippen LogP contribution is 2.37. The first-order chi connectivity index (χ1) is 15.1. The van der Waals surface area contributed by atoms with Gasteiger partial charge < -0.3 is 5.32 Å². The second-order valence-corrected chi connectivity index (χ2v) is 11.0. The van der Waals surface area contributed by atoms with Crippen molar-refractivity contribution in [3.8, 4) is 11.8 Å². The fraction of sp³-hybridized carbons (Fsp3) is 0.600. The van der Waals surface area contributed by atoms with Crippen LogP contribution >= 0.6 is 11.9 Å². The summed E-state index contributed by atoms with van der Waals surface area (Å²) in [6, 6.07) is 4.07. The fourth-order valence-electron chi connectivity index (χ4n) is 4.43. The quantitative estimate of drug-likeness (QED) is 0.327. The lowest BCUT2D eigenvalue weighted by Crippen LogP contribution is -2.53. The van der Waals surface area contributed by atoms with Crippen molar-refractivity contribution in [2.24, 2.45) is 17.0 Å². The Morgan fingerprint density at radius 3 is 2.84 bits per heavy atom. The molecular weight excluding hydrogens is 420 g/mol. The Bertz CT molecular complexity index is 931. The zero-order chi connectivity index (χ0) is 23.4. The van der Waals surface area contributed by atoms with Crippen LogP contribution in [0.2, 0.25) is 0 Å². The summed E-state index contributed by atoms with van der Waals surface area (Å²) in [4.78, 5) is 28.7. The molecule has 1 aromatic rings. The molecule has 0 saturated heterocycles. The van der Waals surface area contributed by atoms with Crippen LogP contribution in [0.3, 0.4) is 0 Å². The minimum absolute atomic E-state index is 0.0322. The number of hydrogen-bond acceptors (Lipinski definition) is 6. The van der Waals surface area contributed by atoms with E-state index in [0.717, 1.165) is 30.5 Å². The molecule has 2 aliphatic rings. The molecule has 6 nitrogen and oxygen atoms in total. The maximum Gasteiger partial charge on any atom is 0.240 e. The van der Waals surface area contributed by atoms with E-state index in [2.05, 4.69) is 45.0 Å². The Morgan fingerprint density at radius 1 is 1.31 bits per heavy atom. The van der Waals surface area contributed by atoms with Crippen molar-refractivity contribution in [3.05, 3.63) is 40.6 Å². The number of fused-ring (bicyclic) bond motifs is 1. The second-order valence-electron chi connectivity index (χ2n) is 10.1. The van der Waals surface area contributed by atoms with E-state index in [1.54, 1.807) is 6.20 Å². The minimum atomic E-state index is -0.777. The first kappa shape index (κ1) is 24.5. The van der Waals surface area contributed by atoms with E-state index in [0.29, 0.717) is 18.3 Å². The van der Waals surface area contributed by atoms with Gasteiger partial charge in [0.05, 0.1) is 11.2 Å². The number of allylic oxidation sites excluding steroid dienone is 1. The number of aromatic nitrogens is 1. The molecule has 7 heteroatoms. The molecule has 1 amide bonds. The number of nitrogens with one attached hydrogen (secondary N) is 2. The highest BCUT2D eigenvalue weighted by Gasteiger charge is 2.38. The summed E-state index contributed by atoms with van der Waals surface area (Å²) in [5.74, 6) is 7.18. The van der Waals surface area contributed by atoms with Gasteiger partial charge in [-0.05, 0) is 70.4 Å². The minimum Gasteiger partial charge on any atom is -0.351 e. The molecule has 0 aliphatic heterocycles. The van der Waals surface area contributed by atoms with Crippen LogP contribution in [-0.4, -0.2) is 28.0 Å². The summed E-state index contributed by atoms with van der Waals surface area (Å²) in [7, 11) is 0. The predicted molar refractivity (Wildman–Crippen MR) is 132 cm³/mol. The lowest BCUT2D eigenvalue weighted by atomic mass is 9.90. The number of nitrogens with zero attached hydrogens (tertiary/aromatic N) is 2. The molecule has 1 heterocycles. The van der Waals surface area contributed by atoms with Crippen molar-refractivity contribution in [2.75, 3.05) is 0 Å². The van der Waals surface area contributed by atoms with Gasteiger partial charge in [0.2, 0.25) is 5.91 Å². The van der Waals surface area contributed by atoms with Crippen molar-refractivity contribution in [1.29, 1.82) is 0 Å². The molecule has 0 radical (unpaired) electrons. The van der Waals surface area contributed by atoms with Gasteiger partial charge in [-0.1, -0.05) is 54.1 Å². The maximum atomic E-state index is 13.1. The van der Waals surface area contributed by atoms with E-state index in [1.165, 1.54) is 11.9 Å². The van der Waals surface area contributed by atoms with E-state index < -0.39 is 11.1 Å². The zero-order valence-electron chi connectivity index (χ0n) is 19.6. The van der Waals surface area contributed by atoms with Gasteiger partial charge in [0.1, 0.15) is 10.8 Å². The summed E-state index contributed by atoms with van der Waals surface area (Å²) in [5, 5.41) is 6.35. The van der Waals surface area contributed by atoms with Crippen LogP contribution in [0.15, 0.2) is 29.6 Å². The fourth-order valence-corrected chi connectivity index (χ4v) is 5.39. The van der Waals surface area contributed by atoms with Gasteiger partial charge in [-0.2, -0.15) is 4.91 Å². The van der Waals surface area contributed by atoms with E-state index in [4.69, 9.17) is 0 Å². The zero-order valence-corrected chi connectivity index (χ0v) is 20.5. The average Bonchev–Trinajstić information content (AvgIpc) is 3.06. The molecule has 1 saturated carbocycles. The lowest BCUT2D eigenvalue weighted by molar-refractivity contribution is -0.126. The Kier molecular flexibility index (Phi) is 7.79. The summed E-state index contributed by atoms with van der Waals surface area (Å²) in [5.41, 5.74) is 0.629. The molecule has 1 fully saturated rings. The van der Waals surface area contributed by atoms with E-state index >= 15 is 0 Å². The topological polar surface area (TPSA) is 83.5 Å². The van der Waals surface area contributed by atoms with Crippen molar-refractivity contribution in [3.63, 3.8) is 0 Å². The Labute approximate surface area is 195 Å². The van der Waals surface area contributed by atoms with Crippen LogP contribution in [-0.2, 0) is 4.79 Å². The number of carbonyl (C=O) groups excluding carboxylic acids is 1. The number of carbonyl (C=O) groups is 1. The molecule has 4 atom stereocenters. The predicted octanol–water partition coefficient (Wildman–Crippen LogP) is 5.03. The van der Waals surface area contributed by atoms with Gasteiger partial charge in [0.25, 0.3) is 0 Å². The number of rotatable bonds is 8. The van der Waals surface area contributed by atoms with Gasteiger partial charge in [0.15, 0.2) is 0 Å². The molecule has 0 spiro atoms. The average molecular weight is 455 g/mol. The number of hydrogen-bond donors (Lipinski definition) is 2. The molecule has 2 N–H and O–H groups in total. The van der Waals surface area contributed by atoms with Crippen LogP contribution in [0.5, 0.6) is 0 Å². The van der Waals surface area contributed by atoms with Crippen LogP contribution < -0.4 is 10.0 Å².